The van der Waals surface area contributed by atoms with Crippen LogP contribution in [0.15, 0.2) is 48.5 Å². The van der Waals surface area contributed by atoms with Crippen molar-refractivity contribution in [2.75, 3.05) is 0 Å². The van der Waals surface area contributed by atoms with Crippen LogP contribution in [0.2, 0.25) is 0 Å². The number of alkyl halides is 3. The van der Waals surface area contributed by atoms with Crippen LogP contribution < -0.4 is 5.32 Å². The normalized spacial score (nSPS) is 12.7. The Bertz CT molecular complexity index is 982. The molecule has 0 bridgehead atoms. The summed E-state index contributed by atoms with van der Waals surface area (Å²) >= 11 is 0. The van der Waals surface area contributed by atoms with Crippen LogP contribution in [0.4, 0.5) is 13.2 Å². The standard InChI is InChI=1S/C17H12F3N3O3/c18-17(19,20)11-7-3-1-5-9(11)14(16(25)26)21-15(24)13-10-6-2-4-8-12(10)22-23-13/h1-8,14H,(H,21,24)(H,22,23)(H,25,26). The number of carbonyl (C=O) groups is 2. The molecule has 0 fully saturated rings. The van der Waals surface area contributed by atoms with Gasteiger partial charge in [-0.25, -0.2) is 4.79 Å². The van der Waals surface area contributed by atoms with Crippen molar-refractivity contribution < 1.29 is 27.9 Å². The van der Waals surface area contributed by atoms with Crippen LogP contribution in [0.3, 0.4) is 0 Å². The first-order valence-corrected chi connectivity index (χ1v) is 7.42. The number of carboxylic acids is 1. The molecule has 3 N–H and O–H groups in total. The Morgan fingerprint density at radius 3 is 2.42 bits per heavy atom. The van der Waals surface area contributed by atoms with E-state index in [4.69, 9.17) is 0 Å². The second-order valence-corrected chi connectivity index (χ2v) is 5.45. The Labute approximate surface area is 144 Å². The predicted molar refractivity (Wildman–Crippen MR) is 85.4 cm³/mol. The topological polar surface area (TPSA) is 95.1 Å². The molecule has 26 heavy (non-hydrogen) atoms. The smallest absolute Gasteiger partial charge is 0.416 e. The number of aliphatic carboxylic acids is 1. The number of hydrogen-bond acceptors (Lipinski definition) is 3. The van der Waals surface area contributed by atoms with Gasteiger partial charge in [0.1, 0.15) is 0 Å². The molecule has 1 amide bonds. The van der Waals surface area contributed by atoms with Crippen LogP contribution in [0.25, 0.3) is 10.9 Å². The number of amides is 1. The van der Waals surface area contributed by atoms with Crippen LogP contribution in [0.5, 0.6) is 0 Å². The molecule has 6 nitrogen and oxygen atoms in total. The summed E-state index contributed by atoms with van der Waals surface area (Å²) in [7, 11) is 0. The maximum Gasteiger partial charge on any atom is 0.416 e. The molecule has 0 aliphatic carbocycles. The van der Waals surface area contributed by atoms with E-state index in [0.29, 0.717) is 10.9 Å². The molecule has 1 heterocycles. The van der Waals surface area contributed by atoms with Crippen molar-refractivity contribution in [3.8, 4) is 0 Å². The number of benzene rings is 2. The lowest BCUT2D eigenvalue weighted by Crippen LogP contribution is -2.35. The van der Waals surface area contributed by atoms with Crippen molar-refractivity contribution in [3.63, 3.8) is 0 Å². The average Bonchev–Trinajstić information content (AvgIpc) is 3.02. The Morgan fingerprint density at radius 2 is 1.73 bits per heavy atom. The molecule has 1 unspecified atom stereocenters. The van der Waals surface area contributed by atoms with Crippen molar-refractivity contribution in [3.05, 3.63) is 65.4 Å². The van der Waals surface area contributed by atoms with Gasteiger partial charge in [0, 0.05) is 5.39 Å². The summed E-state index contributed by atoms with van der Waals surface area (Å²) in [6.07, 6.45) is -4.76. The van der Waals surface area contributed by atoms with Crippen molar-refractivity contribution in [2.24, 2.45) is 0 Å². The number of aromatic amines is 1. The van der Waals surface area contributed by atoms with E-state index in [1.807, 2.05) is 0 Å². The summed E-state index contributed by atoms with van der Waals surface area (Å²) in [5.74, 6) is -2.51. The quantitative estimate of drug-likeness (QED) is 0.664. The largest absolute Gasteiger partial charge is 0.479 e. The highest BCUT2D eigenvalue weighted by Gasteiger charge is 2.37. The van der Waals surface area contributed by atoms with E-state index in [-0.39, 0.29) is 5.69 Å². The van der Waals surface area contributed by atoms with Gasteiger partial charge < -0.3 is 10.4 Å². The molecule has 3 rings (SSSR count). The molecule has 2 aromatic carbocycles. The third kappa shape index (κ3) is 3.23. The Kier molecular flexibility index (Phi) is 4.37. The average molecular weight is 363 g/mol. The highest BCUT2D eigenvalue weighted by molar-refractivity contribution is 6.05. The molecule has 0 radical (unpaired) electrons. The van der Waals surface area contributed by atoms with E-state index in [1.54, 1.807) is 24.3 Å². The van der Waals surface area contributed by atoms with Crippen LogP contribution in [-0.4, -0.2) is 27.2 Å². The third-order valence-electron chi connectivity index (χ3n) is 3.78. The summed E-state index contributed by atoms with van der Waals surface area (Å²) in [5, 5.41) is 18.3. The number of rotatable bonds is 4. The fraction of sp³-hybridized carbons (Fsp3) is 0.118. The second-order valence-electron chi connectivity index (χ2n) is 5.45. The fourth-order valence-corrected chi connectivity index (χ4v) is 2.62. The van der Waals surface area contributed by atoms with Crippen molar-refractivity contribution in [1.29, 1.82) is 0 Å². The maximum absolute atomic E-state index is 13.2. The molecule has 1 atom stereocenters. The second kappa shape index (κ2) is 6.51. The van der Waals surface area contributed by atoms with E-state index in [2.05, 4.69) is 15.5 Å². The summed E-state index contributed by atoms with van der Waals surface area (Å²) in [5.41, 5.74) is -1.24. The minimum absolute atomic E-state index is 0.101. The van der Waals surface area contributed by atoms with Crippen molar-refractivity contribution in [1.82, 2.24) is 15.5 Å². The monoisotopic (exact) mass is 363 g/mol. The van der Waals surface area contributed by atoms with Crippen molar-refractivity contribution >= 4 is 22.8 Å². The maximum atomic E-state index is 13.2. The van der Waals surface area contributed by atoms with Gasteiger partial charge in [-0.2, -0.15) is 18.3 Å². The lowest BCUT2D eigenvalue weighted by atomic mass is 9.99. The Morgan fingerprint density at radius 1 is 1.08 bits per heavy atom. The number of nitrogens with zero attached hydrogens (tertiary/aromatic N) is 1. The van der Waals surface area contributed by atoms with Gasteiger partial charge in [-0.3, -0.25) is 9.89 Å². The number of nitrogens with one attached hydrogen (secondary N) is 2. The van der Waals surface area contributed by atoms with Gasteiger partial charge >= 0.3 is 12.1 Å². The van der Waals surface area contributed by atoms with Gasteiger partial charge in [0.15, 0.2) is 11.7 Å². The zero-order chi connectivity index (χ0) is 18.9. The SMILES string of the molecule is O=C(NC(C(=O)O)c1ccccc1C(F)(F)F)c1n[nH]c2ccccc12. The number of hydrogen-bond donors (Lipinski definition) is 3. The molecule has 9 heteroatoms. The van der Waals surface area contributed by atoms with Crippen molar-refractivity contribution in [2.45, 2.75) is 12.2 Å². The lowest BCUT2D eigenvalue weighted by Gasteiger charge is -2.19. The van der Waals surface area contributed by atoms with E-state index in [0.717, 1.165) is 18.2 Å². The molecule has 0 saturated carbocycles. The zero-order valence-corrected chi connectivity index (χ0v) is 13.0. The number of halogens is 3. The first-order valence-electron chi connectivity index (χ1n) is 7.42. The molecular formula is C17H12F3N3O3. The molecule has 0 saturated heterocycles. The van der Waals surface area contributed by atoms with Crippen LogP contribution in [0, 0.1) is 0 Å². The molecule has 0 aliphatic rings. The minimum Gasteiger partial charge on any atom is -0.479 e. The summed E-state index contributed by atoms with van der Waals surface area (Å²) in [6, 6.07) is 8.94. The number of fused-ring (bicyclic) bond motifs is 1. The Balaban J connectivity index is 1.98. The van der Waals surface area contributed by atoms with Gasteiger partial charge in [0.25, 0.3) is 5.91 Å². The van der Waals surface area contributed by atoms with E-state index in [1.165, 1.54) is 6.07 Å². The van der Waals surface area contributed by atoms with Crippen LogP contribution in [-0.2, 0) is 11.0 Å². The van der Waals surface area contributed by atoms with Crippen LogP contribution in [0.1, 0.15) is 27.7 Å². The van der Waals surface area contributed by atoms with E-state index >= 15 is 0 Å². The first kappa shape index (κ1) is 17.5. The highest BCUT2D eigenvalue weighted by atomic mass is 19.4. The van der Waals surface area contributed by atoms with Gasteiger partial charge in [0.2, 0.25) is 0 Å². The molecule has 0 spiro atoms. The molecule has 0 aliphatic heterocycles. The fourth-order valence-electron chi connectivity index (χ4n) is 2.62. The van der Waals surface area contributed by atoms with Gasteiger partial charge in [-0.1, -0.05) is 36.4 Å². The molecular weight excluding hydrogens is 351 g/mol. The van der Waals surface area contributed by atoms with Gasteiger partial charge in [0.05, 0.1) is 11.1 Å². The summed E-state index contributed by atoms with van der Waals surface area (Å²) < 4.78 is 39.5. The van der Waals surface area contributed by atoms with Gasteiger partial charge in [-0.15, -0.1) is 0 Å². The summed E-state index contributed by atoms with van der Waals surface area (Å²) in [6.45, 7) is 0. The van der Waals surface area contributed by atoms with E-state index in [9.17, 15) is 27.9 Å². The summed E-state index contributed by atoms with van der Waals surface area (Å²) in [4.78, 5) is 24.0. The highest BCUT2D eigenvalue weighted by Crippen LogP contribution is 2.34. The number of para-hydroxylation sites is 1. The minimum atomic E-state index is -4.76. The number of aromatic nitrogens is 2. The lowest BCUT2D eigenvalue weighted by molar-refractivity contribution is -0.142. The number of carbonyl (C=O) groups excluding carboxylic acids is 1. The molecule has 134 valence electrons. The zero-order valence-electron chi connectivity index (χ0n) is 13.0. The van der Waals surface area contributed by atoms with E-state index < -0.39 is 35.2 Å². The molecule has 3 aromatic rings. The number of H-pyrrole nitrogens is 1. The Hall–Kier alpha value is -3.36. The third-order valence-corrected chi connectivity index (χ3v) is 3.78. The molecule has 1 aromatic heterocycles. The van der Waals surface area contributed by atoms with Gasteiger partial charge in [-0.05, 0) is 17.7 Å². The number of carboxylic acid groups (broad SMARTS) is 1. The van der Waals surface area contributed by atoms with Crippen LogP contribution >= 0.6 is 0 Å². The predicted octanol–water partition coefficient (Wildman–Crippen LogP) is 3.14. The first-order chi connectivity index (χ1) is 12.3.